The van der Waals surface area contributed by atoms with Crippen molar-refractivity contribution in [3.8, 4) is 0 Å². The van der Waals surface area contributed by atoms with E-state index in [-0.39, 0.29) is 5.78 Å². The molecule has 0 aliphatic heterocycles. The molecule has 0 fully saturated rings. The molecule has 2 nitrogen and oxygen atoms in total. The Labute approximate surface area is 108 Å². The summed E-state index contributed by atoms with van der Waals surface area (Å²) >= 11 is 0. The molecule has 0 radical (unpaired) electrons. The highest BCUT2D eigenvalue weighted by Crippen LogP contribution is 2.13. The third kappa shape index (κ3) is 2.65. The highest BCUT2D eigenvalue weighted by Gasteiger charge is 2.11. The number of ketones is 1. The summed E-state index contributed by atoms with van der Waals surface area (Å²) in [5.74, 6) is 0.0450. The van der Waals surface area contributed by atoms with Crippen LogP contribution in [0.3, 0.4) is 0 Å². The first-order valence-corrected chi connectivity index (χ1v) is 6.27. The molecule has 0 atom stereocenters. The SMILES string of the molecule is CCCc1ccc(C(=O)c2cccnc2C)cc1. The number of aryl methyl sites for hydroxylation is 2. The molecule has 1 aromatic heterocycles. The third-order valence-electron chi connectivity index (χ3n) is 3.01. The van der Waals surface area contributed by atoms with Gasteiger partial charge >= 0.3 is 0 Å². The van der Waals surface area contributed by atoms with Gasteiger partial charge in [0.15, 0.2) is 5.78 Å². The Morgan fingerprint density at radius 1 is 1.17 bits per heavy atom. The Bertz CT molecular complexity index is 543. The molecule has 2 aromatic rings. The molecule has 0 saturated carbocycles. The second-order valence-corrected chi connectivity index (χ2v) is 4.41. The fourth-order valence-electron chi connectivity index (χ4n) is 1.99. The number of nitrogens with zero attached hydrogens (tertiary/aromatic N) is 1. The summed E-state index contributed by atoms with van der Waals surface area (Å²) in [6, 6.07) is 11.5. The molecular weight excluding hydrogens is 222 g/mol. The van der Waals surface area contributed by atoms with Gasteiger partial charge in [-0.1, -0.05) is 37.6 Å². The highest BCUT2D eigenvalue weighted by atomic mass is 16.1. The van der Waals surface area contributed by atoms with Crippen molar-refractivity contribution >= 4 is 5.78 Å². The van der Waals surface area contributed by atoms with E-state index < -0.39 is 0 Å². The predicted octanol–water partition coefficient (Wildman–Crippen LogP) is 3.57. The Balaban J connectivity index is 2.27. The average molecular weight is 239 g/mol. The summed E-state index contributed by atoms with van der Waals surface area (Å²) in [7, 11) is 0. The summed E-state index contributed by atoms with van der Waals surface area (Å²) in [5.41, 5.74) is 3.46. The number of benzene rings is 1. The number of carbonyl (C=O) groups is 1. The molecule has 1 heterocycles. The maximum Gasteiger partial charge on any atom is 0.194 e. The van der Waals surface area contributed by atoms with Gasteiger partial charge in [-0.2, -0.15) is 0 Å². The van der Waals surface area contributed by atoms with Gasteiger partial charge in [-0.3, -0.25) is 9.78 Å². The van der Waals surface area contributed by atoms with Crippen molar-refractivity contribution in [2.24, 2.45) is 0 Å². The topological polar surface area (TPSA) is 30.0 Å². The van der Waals surface area contributed by atoms with Crippen molar-refractivity contribution < 1.29 is 4.79 Å². The van der Waals surface area contributed by atoms with Crippen molar-refractivity contribution in [2.45, 2.75) is 26.7 Å². The Kier molecular flexibility index (Phi) is 3.88. The van der Waals surface area contributed by atoms with Crippen molar-refractivity contribution in [3.63, 3.8) is 0 Å². The van der Waals surface area contributed by atoms with E-state index in [2.05, 4.69) is 11.9 Å². The van der Waals surface area contributed by atoms with Crippen molar-refractivity contribution in [2.75, 3.05) is 0 Å². The van der Waals surface area contributed by atoms with Crippen LogP contribution >= 0.6 is 0 Å². The zero-order chi connectivity index (χ0) is 13.0. The van der Waals surface area contributed by atoms with Crippen LogP contribution in [0.4, 0.5) is 0 Å². The van der Waals surface area contributed by atoms with Gasteiger partial charge < -0.3 is 0 Å². The van der Waals surface area contributed by atoms with E-state index in [0.717, 1.165) is 24.1 Å². The lowest BCUT2D eigenvalue weighted by Gasteiger charge is -2.05. The first-order valence-electron chi connectivity index (χ1n) is 6.27. The third-order valence-corrected chi connectivity index (χ3v) is 3.01. The quantitative estimate of drug-likeness (QED) is 0.763. The van der Waals surface area contributed by atoms with Gasteiger partial charge in [0.2, 0.25) is 0 Å². The summed E-state index contributed by atoms with van der Waals surface area (Å²) < 4.78 is 0. The van der Waals surface area contributed by atoms with Crippen LogP contribution in [0.25, 0.3) is 0 Å². The first kappa shape index (κ1) is 12.5. The van der Waals surface area contributed by atoms with Crippen LogP contribution in [0.5, 0.6) is 0 Å². The van der Waals surface area contributed by atoms with Crippen molar-refractivity contribution in [1.82, 2.24) is 4.98 Å². The molecule has 0 unspecified atom stereocenters. The van der Waals surface area contributed by atoms with E-state index in [4.69, 9.17) is 0 Å². The van der Waals surface area contributed by atoms with Gasteiger partial charge in [0.25, 0.3) is 0 Å². The molecular formula is C16H17NO. The lowest BCUT2D eigenvalue weighted by Crippen LogP contribution is -2.04. The van der Waals surface area contributed by atoms with E-state index in [1.165, 1.54) is 5.56 Å². The standard InChI is InChI=1S/C16H17NO/c1-3-5-13-7-9-14(10-8-13)16(18)15-6-4-11-17-12(15)2/h4,6-11H,3,5H2,1-2H3. The van der Waals surface area contributed by atoms with Gasteiger partial charge in [-0.15, -0.1) is 0 Å². The van der Waals surface area contributed by atoms with Crippen LogP contribution in [0.2, 0.25) is 0 Å². The van der Waals surface area contributed by atoms with Crippen molar-refractivity contribution in [3.05, 3.63) is 65.0 Å². The Morgan fingerprint density at radius 3 is 2.50 bits per heavy atom. The summed E-state index contributed by atoms with van der Waals surface area (Å²) in [6.45, 7) is 4.01. The molecule has 0 spiro atoms. The fourth-order valence-corrected chi connectivity index (χ4v) is 1.99. The summed E-state index contributed by atoms with van der Waals surface area (Å²) in [4.78, 5) is 16.4. The molecule has 2 heteroatoms. The minimum Gasteiger partial charge on any atom is -0.289 e. The molecule has 2 rings (SSSR count). The zero-order valence-electron chi connectivity index (χ0n) is 10.8. The number of hydrogen-bond donors (Lipinski definition) is 0. The minimum atomic E-state index is 0.0450. The molecule has 0 bridgehead atoms. The second-order valence-electron chi connectivity index (χ2n) is 4.41. The van der Waals surface area contributed by atoms with Crippen LogP contribution in [0.15, 0.2) is 42.6 Å². The first-order chi connectivity index (χ1) is 8.72. The predicted molar refractivity (Wildman–Crippen MR) is 72.8 cm³/mol. The van der Waals surface area contributed by atoms with E-state index in [1.54, 1.807) is 12.3 Å². The molecule has 1 aromatic carbocycles. The lowest BCUT2D eigenvalue weighted by atomic mass is 10.0. The summed E-state index contributed by atoms with van der Waals surface area (Å²) in [6.07, 6.45) is 3.88. The smallest absolute Gasteiger partial charge is 0.194 e. The van der Waals surface area contributed by atoms with Crippen LogP contribution in [0, 0.1) is 6.92 Å². The molecule has 18 heavy (non-hydrogen) atoms. The van der Waals surface area contributed by atoms with Gasteiger partial charge in [0, 0.05) is 23.0 Å². The largest absolute Gasteiger partial charge is 0.289 e. The van der Waals surface area contributed by atoms with Crippen molar-refractivity contribution in [1.29, 1.82) is 0 Å². The molecule has 0 N–H and O–H groups in total. The fraction of sp³-hybridized carbons (Fsp3) is 0.250. The zero-order valence-corrected chi connectivity index (χ0v) is 10.8. The van der Waals surface area contributed by atoms with Gasteiger partial charge in [0.05, 0.1) is 0 Å². The van der Waals surface area contributed by atoms with Gasteiger partial charge in [-0.05, 0) is 31.0 Å². The summed E-state index contributed by atoms with van der Waals surface area (Å²) in [5, 5.41) is 0. The monoisotopic (exact) mass is 239 g/mol. The molecule has 0 saturated heterocycles. The highest BCUT2D eigenvalue weighted by molar-refractivity contribution is 6.09. The normalized spacial score (nSPS) is 10.3. The molecule has 0 aliphatic carbocycles. The van der Waals surface area contributed by atoms with E-state index in [9.17, 15) is 4.79 Å². The van der Waals surface area contributed by atoms with Crippen LogP contribution < -0.4 is 0 Å². The van der Waals surface area contributed by atoms with Crippen LogP contribution in [-0.2, 0) is 6.42 Å². The number of carbonyl (C=O) groups excluding carboxylic acids is 1. The second kappa shape index (κ2) is 5.58. The number of hydrogen-bond acceptors (Lipinski definition) is 2. The Morgan fingerprint density at radius 2 is 1.89 bits per heavy atom. The number of rotatable bonds is 4. The molecule has 92 valence electrons. The lowest BCUT2D eigenvalue weighted by molar-refractivity contribution is 0.103. The Hall–Kier alpha value is -1.96. The minimum absolute atomic E-state index is 0.0450. The van der Waals surface area contributed by atoms with Crippen LogP contribution in [0.1, 0.15) is 40.5 Å². The van der Waals surface area contributed by atoms with Gasteiger partial charge in [-0.25, -0.2) is 0 Å². The molecule has 0 amide bonds. The van der Waals surface area contributed by atoms with Gasteiger partial charge in [0.1, 0.15) is 0 Å². The average Bonchev–Trinajstić information content (AvgIpc) is 2.40. The van der Waals surface area contributed by atoms with Crippen LogP contribution in [-0.4, -0.2) is 10.8 Å². The molecule has 0 aliphatic rings. The maximum absolute atomic E-state index is 12.3. The van der Waals surface area contributed by atoms with E-state index in [0.29, 0.717) is 5.56 Å². The van der Waals surface area contributed by atoms with E-state index >= 15 is 0 Å². The number of aromatic nitrogens is 1. The van der Waals surface area contributed by atoms with E-state index in [1.807, 2.05) is 37.3 Å². The number of pyridine rings is 1. The maximum atomic E-state index is 12.3.